The van der Waals surface area contributed by atoms with Gasteiger partial charge in [0.25, 0.3) is 34.7 Å². The second kappa shape index (κ2) is 2.87. The summed E-state index contributed by atoms with van der Waals surface area (Å²) in [4.78, 5) is 0. The van der Waals surface area contributed by atoms with Crippen LogP contribution in [-0.4, -0.2) is 65.4 Å². The Labute approximate surface area is 118 Å². The van der Waals surface area contributed by atoms with Crippen LogP contribution < -0.4 is 0 Å². The van der Waals surface area contributed by atoms with E-state index in [0.29, 0.717) is 0 Å². The summed E-state index contributed by atoms with van der Waals surface area (Å²) in [7, 11) is -9.87. The van der Waals surface area contributed by atoms with Crippen LogP contribution in [0.5, 0.6) is 0 Å². The van der Waals surface area contributed by atoms with Crippen molar-refractivity contribution in [3.63, 3.8) is 0 Å². The maximum Gasteiger partial charge on any atom is 0.483 e. The average molecular weight is 364 g/mol. The van der Waals surface area contributed by atoms with Crippen molar-refractivity contribution in [2.75, 3.05) is 0 Å². The van der Waals surface area contributed by atoms with Gasteiger partial charge in [0.05, 0.1) is 0 Å². The summed E-state index contributed by atoms with van der Waals surface area (Å²) in [6.45, 7) is 0. The van der Waals surface area contributed by atoms with Gasteiger partial charge in [-0.3, -0.25) is 0 Å². The first kappa shape index (κ1) is 14.3. The number of aliphatic hydroxyl groups is 6. The summed E-state index contributed by atoms with van der Waals surface area (Å²) in [5.74, 6) is -22.2. The molecular weight excluding hydrogens is 358 g/mol. The molecule has 0 radical (unpaired) electrons. The summed E-state index contributed by atoms with van der Waals surface area (Å²) in [6.07, 6.45) is 0. The molecule has 4 aliphatic heterocycles. The van der Waals surface area contributed by atoms with Gasteiger partial charge < -0.3 is 30.6 Å². The smallest absolute Gasteiger partial charge is 0.356 e. The number of rotatable bonds is 0. The van der Waals surface area contributed by atoms with Crippen LogP contribution in [-0.2, 0) is 36.3 Å². The predicted octanol–water partition coefficient (Wildman–Crippen LogP) is -3.50. The first-order valence-electron chi connectivity index (χ1n) is 5.53. The van der Waals surface area contributed by atoms with Crippen molar-refractivity contribution in [3.8, 4) is 0 Å². The SMILES string of the molecule is O=P12OC3(O)[C@](O)(O1)[C@@]1(O)OP4(=O)OC1(O)[C@@](O)(O4)[C@@]3(O)O2. The minimum atomic E-state index is -4.94. The van der Waals surface area contributed by atoms with E-state index in [4.69, 9.17) is 0 Å². The van der Waals surface area contributed by atoms with Crippen LogP contribution >= 0.6 is 15.6 Å². The Morgan fingerprint density at radius 3 is 0.682 bits per heavy atom. The standard InChI is InChI=1S/C6H6O14P2/c7-1-2(8)6(12)4(10,18-22(14,16-2)20-6)3(9)5(1,11)19-21(13,15-1)17-3/h7-12H/t1-,2-,3-,4+,5?,6?,21?,22?/m1/s1. The number of fused-ring (bicyclic) bond motifs is 4. The van der Waals surface area contributed by atoms with E-state index in [-0.39, 0.29) is 0 Å². The number of phosphoric ester groups is 2. The maximum atomic E-state index is 12.0. The van der Waals surface area contributed by atoms with Crippen LogP contribution in [0.3, 0.4) is 0 Å². The van der Waals surface area contributed by atoms with Crippen molar-refractivity contribution in [1.29, 1.82) is 0 Å². The summed E-state index contributed by atoms with van der Waals surface area (Å²) in [5, 5.41) is 62.0. The fourth-order valence-corrected chi connectivity index (χ4v) is 6.85. The summed E-state index contributed by atoms with van der Waals surface area (Å²) in [5.41, 5.74) is 0. The second-order valence-corrected chi connectivity index (χ2v) is 8.19. The van der Waals surface area contributed by atoms with Gasteiger partial charge in [0, 0.05) is 0 Å². The molecule has 4 saturated heterocycles. The molecule has 6 N–H and O–H groups in total. The minimum Gasteiger partial charge on any atom is -0.356 e. The van der Waals surface area contributed by atoms with Crippen LogP contribution in [0.15, 0.2) is 0 Å². The van der Waals surface area contributed by atoms with Crippen LogP contribution in [0, 0.1) is 0 Å². The van der Waals surface area contributed by atoms with E-state index in [1.807, 2.05) is 0 Å². The van der Waals surface area contributed by atoms with Gasteiger partial charge in [-0.2, -0.15) is 0 Å². The van der Waals surface area contributed by atoms with Crippen molar-refractivity contribution in [2.45, 2.75) is 34.7 Å². The molecule has 0 atom stereocenters. The highest BCUT2D eigenvalue weighted by atomic mass is 31.2. The van der Waals surface area contributed by atoms with Crippen molar-refractivity contribution in [1.82, 2.24) is 0 Å². The molecule has 5 rings (SSSR count). The fourth-order valence-electron chi connectivity index (χ4n) is 3.20. The van der Waals surface area contributed by atoms with Gasteiger partial charge in [-0.15, -0.1) is 0 Å². The molecular formula is C6H6O14P2. The minimum absolute atomic E-state index is 3.66. The molecule has 124 valence electrons. The fraction of sp³-hybridized carbons (Fsp3) is 1.00. The molecule has 1 aliphatic carbocycles. The van der Waals surface area contributed by atoms with E-state index in [1.54, 1.807) is 0 Å². The Hall–Kier alpha value is -0.0200. The Balaban J connectivity index is 1.93. The van der Waals surface area contributed by atoms with Gasteiger partial charge in [0.1, 0.15) is 0 Å². The van der Waals surface area contributed by atoms with Gasteiger partial charge in [-0.1, -0.05) is 0 Å². The van der Waals surface area contributed by atoms with Gasteiger partial charge in [-0.25, -0.2) is 36.3 Å². The lowest BCUT2D eigenvalue weighted by molar-refractivity contribution is -0.592. The second-order valence-electron chi connectivity index (χ2n) is 5.31. The van der Waals surface area contributed by atoms with E-state index in [9.17, 15) is 39.8 Å². The van der Waals surface area contributed by atoms with Crippen LogP contribution in [0.1, 0.15) is 0 Å². The molecule has 14 nitrogen and oxygen atoms in total. The summed E-state index contributed by atoms with van der Waals surface area (Å²) < 4.78 is 50.2. The molecule has 0 amide bonds. The van der Waals surface area contributed by atoms with Crippen molar-refractivity contribution >= 4 is 15.6 Å². The molecule has 0 spiro atoms. The molecule has 5 aliphatic rings. The molecule has 1 saturated carbocycles. The average Bonchev–Trinajstić information content (AvgIpc) is 2.83. The third-order valence-corrected chi connectivity index (χ3v) is 7.15. The first-order valence-corrected chi connectivity index (χ1v) is 8.45. The molecule has 4 bridgehead atoms. The number of hydrogen-bond acceptors (Lipinski definition) is 14. The topological polar surface area (TPSA) is 211 Å². The van der Waals surface area contributed by atoms with Crippen molar-refractivity contribution < 1.29 is 66.9 Å². The van der Waals surface area contributed by atoms with Gasteiger partial charge >= 0.3 is 15.6 Å². The van der Waals surface area contributed by atoms with Gasteiger partial charge in [0.15, 0.2) is 0 Å². The Kier molecular flexibility index (Phi) is 1.87. The Bertz CT molecular complexity index is 644. The van der Waals surface area contributed by atoms with E-state index in [2.05, 4.69) is 27.1 Å². The lowest BCUT2D eigenvalue weighted by Crippen LogP contribution is -2.94. The molecule has 0 unspecified atom stereocenters. The van der Waals surface area contributed by atoms with Crippen LogP contribution in [0.2, 0.25) is 0 Å². The Morgan fingerprint density at radius 1 is 0.455 bits per heavy atom. The highest BCUT2D eigenvalue weighted by molar-refractivity contribution is 7.50. The molecule has 16 heteroatoms. The zero-order chi connectivity index (χ0) is 16.2. The number of hydrogen-bond donors (Lipinski definition) is 6. The van der Waals surface area contributed by atoms with Gasteiger partial charge in [-0.05, 0) is 0 Å². The zero-order valence-electron chi connectivity index (χ0n) is 9.84. The third kappa shape index (κ3) is 0.889. The number of phosphoric acid groups is 2. The lowest BCUT2D eigenvalue weighted by atomic mass is 9.69. The Morgan fingerprint density at radius 2 is 0.591 bits per heavy atom. The van der Waals surface area contributed by atoms with E-state index in [0.717, 1.165) is 0 Å². The highest BCUT2D eigenvalue weighted by Crippen LogP contribution is 2.89. The van der Waals surface area contributed by atoms with Crippen LogP contribution in [0.4, 0.5) is 0 Å². The monoisotopic (exact) mass is 364 g/mol. The molecule has 22 heavy (non-hydrogen) atoms. The van der Waals surface area contributed by atoms with E-state index in [1.165, 1.54) is 0 Å². The predicted molar refractivity (Wildman–Crippen MR) is 51.4 cm³/mol. The molecule has 5 fully saturated rings. The molecule has 4 heterocycles. The largest absolute Gasteiger partial charge is 0.483 e. The normalized spacial score (nSPS) is 77.4. The molecule has 0 aromatic heterocycles. The summed E-state index contributed by atoms with van der Waals surface area (Å²) in [6, 6.07) is 0. The third-order valence-electron chi connectivity index (χ3n) is 4.22. The molecule has 0 aromatic rings. The first-order chi connectivity index (χ1) is 9.74. The van der Waals surface area contributed by atoms with E-state index < -0.39 is 50.4 Å². The zero-order valence-corrected chi connectivity index (χ0v) is 11.6. The van der Waals surface area contributed by atoms with E-state index >= 15 is 0 Å². The maximum absolute atomic E-state index is 12.0. The lowest BCUT2D eigenvalue weighted by Gasteiger charge is -2.61. The van der Waals surface area contributed by atoms with Crippen LogP contribution in [0.25, 0.3) is 0 Å². The summed E-state index contributed by atoms with van der Waals surface area (Å²) >= 11 is 0. The highest BCUT2D eigenvalue weighted by Gasteiger charge is 3.08. The van der Waals surface area contributed by atoms with Crippen molar-refractivity contribution in [3.05, 3.63) is 0 Å². The van der Waals surface area contributed by atoms with Crippen molar-refractivity contribution in [2.24, 2.45) is 0 Å². The quantitative estimate of drug-likeness (QED) is 0.230. The van der Waals surface area contributed by atoms with Gasteiger partial charge in [0.2, 0.25) is 0 Å². The molecule has 0 aromatic carbocycles.